The van der Waals surface area contributed by atoms with E-state index in [0.717, 1.165) is 25.1 Å². The van der Waals surface area contributed by atoms with Gasteiger partial charge in [0.15, 0.2) is 0 Å². The lowest BCUT2D eigenvalue weighted by atomic mass is 10.1. The molecule has 0 spiro atoms. The first-order valence-corrected chi connectivity index (χ1v) is 6.97. The highest BCUT2D eigenvalue weighted by Gasteiger charge is 2.13. The number of rotatable bonds is 6. The summed E-state index contributed by atoms with van der Waals surface area (Å²) in [4.78, 5) is 13.8. The monoisotopic (exact) mass is 262 g/mol. The van der Waals surface area contributed by atoms with Crippen molar-refractivity contribution < 1.29 is 9.90 Å². The van der Waals surface area contributed by atoms with Gasteiger partial charge in [0.05, 0.1) is 13.2 Å². The van der Waals surface area contributed by atoms with Crippen LogP contribution in [-0.4, -0.2) is 42.2 Å². The van der Waals surface area contributed by atoms with Gasteiger partial charge in [-0.25, -0.2) is 0 Å². The molecule has 0 aliphatic heterocycles. The number of aliphatic hydroxyl groups is 1. The van der Waals surface area contributed by atoms with E-state index in [0.29, 0.717) is 13.1 Å². The Morgan fingerprint density at radius 3 is 2.89 bits per heavy atom. The van der Waals surface area contributed by atoms with Crippen LogP contribution in [-0.2, 0) is 17.6 Å². The van der Waals surface area contributed by atoms with Crippen LogP contribution in [0.2, 0.25) is 0 Å². The summed E-state index contributed by atoms with van der Waals surface area (Å²) in [7, 11) is 0. The number of hydrogen-bond donors (Lipinski definition) is 2. The number of nitrogens with zero attached hydrogens (tertiary/aromatic N) is 1. The number of aliphatic hydroxyl groups excluding tert-OH is 1. The Balaban J connectivity index is 1.91. The van der Waals surface area contributed by atoms with Crippen molar-refractivity contribution in [3.05, 3.63) is 29.3 Å². The standard InChI is InChI=1S/C15H22N2O2/c1-2-17(8-9-18)11-15(19)16-14-7-6-12-4-3-5-13(12)10-14/h6-7,10,18H,2-5,8-9,11H2,1H3,(H,16,19). The van der Waals surface area contributed by atoms with E-state index < -0.39 is 0 Å². The molecular formula is C15H22N2O2. The maximum atomic E-state index is 11.9. The minimum atomic E-state index is -0.0201. The highest BCUT2D eigenvalue weighted by molar-refractivity contribution is 5.92. The van der Waals surface area contributed by atoms with E-state index >= 15 is 0 Å². The van der Waals surface area contributed by atoms with Crippen LogP contribution >= 0.6 is 0 Å². The van der Waals surface area contributed by atoms with Crippen LogP contribution < -0.4 is 5.32 Å². The van der Waals surface area contributed by atoms with Crippen LogP contribution in [0.3, 0.4) is 0 Å². The van der Waals surface area contributed by atoms with Gasteiger partial charge in [-0.3, -0.25) is 9.69 Å². The molecule has 0 unspecified atom stereocenters. The molecule has 1 amide bonds. The SMILES string of the molecule is CCN(CCO)CC(=O)Nc1ccc2c(c1)CCC2. The molecule has 19 heavy (non-hydrogen) atoms. The van der Waals surface area contributed by atoms with E-state index in [9.17, 15) is 4.79 Å². The number of carbonyl (C=O) groups is 1. The molecule has 0 atom stereocenters. The lowest BCUT2D eigenvalue weighted by molar-refractivity contribution is -0.117. The minimum absolute atomic E-state index is 0.0201. The maximum Gasteiger partial charge on any atom is 0.238 e. The van der Waals surface area contributed by atoms with Gasteiger partial charge in [0, 0.05) is 12.2 Å². The van der Waals surface area contributed by atoms with Crippen molar-refractivity contribution in [3.63, 3.8) is 0 Å². The summed E-state index contributed by atoms with van der Waals surface area (Å²) in [5.41, 5.74) is 3.65. The molecule has 2 rings (SSSR count). The minimum Gasteiger partial charge on any atom is -0.395 e. The Bertz CT molecular complexity index is 446. The third-order valence-electron chi connectivity index (χ3n) is 3.61. The Labute approximate surface area is 114 Å². The molecule has 1 aromatic carbocycles. The molecule has 0 heterocycles. The third kappa shape index (κ3) is 3.78. The van der Waals surface area contributed by atoms with Gasteiger partial charge in [0.25, 0.3) is 0 Å². The molecule has 4 nitrogen and oxygen atoms in total. The number of aryl methyl sites for hydroxylation is 2. The molecule has 0 saturated carbocycles. The average Bonchev–Trinajstić information content (AvgIpc) is 2.85. The smallest absolute Gasteiger partial charge is 0.238 e. The van der Waals surface area contributed by atoms with Crippen molar-refractivity contribution in [1.29, 1.82) is 0 Å². The topological polar surface area (TPSA) is 52.6 Å². The number of likely N-dealkylation sites (N-methyl/N-ethyl adjacent to an activating group) is 1. The highest BCUT2D eigenvalue weighted by atomic mass is 16.3. The first-order valence-electron chi connectivity index (χ1n) is 6.97. The molecular weight excluding hydrogens is 240 g/mol. The molecule has 0 radical (unpaired) electrons. The molecule has 1 aliphatic carbocycles. The average molecular weight is 262 g/mol. The zero-order valence-electron chi connectivity index (χ0n) is 11.5. The van der Waals surface area contributed by atoms with E-state index in [1.54, 1.807) is 0 Å². The normalized spacial score (nSPS) is 13.6. The van der Waals surface area contributed by atoms with Crippen molar-refractivity contribution in [2.45, 2.75) is 26.2 Å². The summed E-state index contributed by atoms with van der Waals surface area (Å²) in [6, 6.07) is 6.18. The first kappa shape index (κ1) is 14.0. The van der Waals surface area contributed by atoms with E-state index in [1.807, 2.05) is 17.9 Å². The van der Waals surface area contributed by atoms with Gasteiger partial charge in [0.1, 0.15) is 0 Å². The summed E-state index contributed by atoms with van der Waals surface area (Å²) in [5.74, 6) is -0.0201. The Kier molecular flexibility index (Phi) is 4.93. The number of fused-ring (bicyclic) bond motifs is 1. The van der Waals surface area contributed by atoms with Gasteiger partial charge in [0.2, 0.25) is 5.91 Å². The molecule has 0 aromatic heterocycles. The van der Waals surface area contributed by atoms with Crippen LogP contribution in [0.15, 0.2) is 18.2 Å². The fourth-order valence-corrected chi connectivity index (χ4v) is 2.54. The van der Waals surface area contributed by atoms with Gasteiger partial charge in [-0.1, -0.05) is 13.0 Å². The fraction of sp³-hybridized carbons (Fsp3) is 0.533. The summed E-state index contributed by atoms with van der Waals surface area (Å²) in [5, 5.41) is 11.8. The summed E-state index contributed by atoms with van der Waals surface area (Å²) in [6.07, 6.45) is 3.49. The number of amides is 1. The Morgan fingerprint density at radius 1 is 1.37 bits per heavy atom. The second-order valence-electron chi connectivity index (χ2n) is 4.98. The molecule has 2 N–H and O–H groups in total. The van der Waals surface area contributed by atoms with E-state index in [-0.39, 0.29) is 12.5 Å². The van der Waals surface area contributed by atoms with Gasteiger partial charge in [-0.15, -0.1) is 0 Å². The number of carbonyl (C=O) groups excluding carboxylic acids is 1. The van der Waals surface area contributed by atoms with Gasteiger partial charge >= 0.3 is 0 Å². The predicted molar refractivity (Wildman–Crippen MR) is 76.3 cm³/mol. The number of nitrogens with one attached hydrogen (secondary N) is 1. The molecule has 4 heteroatoms. The zero-order chi connectivity index (χ0) is 13.7. The second kappa shape index (κ2) is 6.68. The van der Waals surface area contributed by atoms with Crippen LogP contribution in [0.5, 0.6) is 0 Å². The molecule has 0 bridgehead atoms. The lowest BCUT2D eigenvalue weighted by Gasteiger charge is -2.18. The lowest BCUT2D eigenvalue weighted by Crippen LogP contribution is -2.35. The largest absolute Gasteiger partial charge is 0.395 e. The first-order chi connectivity index (χ1) is 9.22. The second-order valence-corrected chi connectivity index (χ2v) is 4.98. The molecule has 0 fully saturated rings. The quantitative estimate of drug-likeness (QED) is 0.815. The maximum absolute atomic E-state index is 11.9. The van der Waals surface area contributed by atoms with E-state index in [1.165, 1.54) is 17.5 Å². The van der Waals surface area contributed by atoms with Crippen LogP contribution in [0, 0.1) is 0 Å². The van der Waals surface area contributed by atoms with Gasteiger partial charge < -0.3 is 10.4 Å². The molecule has 1 aromatic rings. The number of anilines is 1. The molecule has 104 valence electrons. The predicted octanol–water partition coefficient (Wildman–Crippen LogP) is 1.43. The Morgan fingerprint density at radius 2 is 2.16 bits per heavy atom. The fourth-order valence-electron chi connectivity index (χ4n) is 2.54. The third-order valence-corrected chi connectivity index (χ3v) is 3.61. The summed E-state index contributed by atoms with van der Waals surface area (Å²) < 4.78 is 0. The van der Waals surface area contributed by atoms with Gasteiger partial charge in [-0.2, -0.15) is 0 Å². The van der Waals surface area contributed by atoms with Crippen LogP contribution in [0.4, 0.5) is 5.69 Å². The molecule has 1 aliphatic rings. The van der Waals surface area contributed by atoms with Crippen LogP contribution in [0.25, 0.3) is 0 Å². The molecule has 0 saturated heterocycles. The van der Waals surface area contributed by atoms with Crippen LogP contribution in [0.1, 0.15) is 24.5 Å². The highest BCUT2D eigenvalue weighted by Crippen LogP contribution is 2.24. The number of benzene rings is 1. The number of hydrogen-bond acceptors (Lipinski definition) is 3. The van der Waals surface area contributed by atoms with Crippen molar-refractivity contribution in [3.8, 4) is 0 Å². The van der Waals surface area contributed by atoms with E-state index in [2.05, 4.69) is 17.4 Å². The van der Waals surface area contributed by atoms with Crippen molar-refractivity contribution in [2.24, 2.45) is 0 Å². The van der Waals surface area contributed by atoms with Crippen molar-refractivity contribution >= 4 is 11.6 Å². The summed E-state index contributed by atoms with van der Waals surface area (Å²) in [6.45, 7) is 3.69. The van der Waals surface area contributed by atoms with E-state index in [4.69, 9.17) is 5.11 Å². The Hall–Kier alpha value is -1.39. The van der Waals surface area contributed by atoms with Gasteiger partial charge in [-0.05, 0) is 49.1 Å². The summed E-state index contributed by atoms with van der Waals surface area (Å²) >= 11 is 0. The zero-order valence-corrected chi connectivity index (χ0v) is 11.5. The van der Waals surface area contributed by atoms with Crippen molar-refractivity contribution in [2.75, 3.05) is 31.6 Å². The van der Waals surface area contributed by atoms with Crippen molar-refractivity contribution in [1.82, 2.24) is 4.90 Å².